The number of nitrogens with zero attached hydrogens (tertiary/aromatic N) is 1. The third-order valence-corrected chi connectivity index (χ3v) is 11.4. The molecule has 0 saturated heterocycles. The molecule has 0 saturated carbocycles. The molecule has 0 aromatic rings. The van der Waals surface area contributed by atoms with Crippen LogP contribution in [0.1, 0.15) is 194 Å². The van der Waals surface area contributed by atoms with Crippen LogP contribution in [0.5, 0.6) is 0 Å². The summed E-state index contributed by atoms with van der Waals surface area (Å²) in [4.78, 5) is 26.2. The van der Waals surface area contributed by atoms with E-state index in [0.29, 0.717) is 32.5 Å². The van der Waals surface area contributed by atoms with Crippen molar-refractivity contribution in [1.29, 1.82) is 0 Å². The van der Waals surface area contributed by atoms with Crippen molar-refractivity contribution in [3.05, 3.63) is 0 Å². The van der Waals surface area contributed by atoms with Crippen LogP contribution >= 0.6 is 0 Å². The van der Waals surface area contributed by atoms with Gasteiger partial charge in [-0.3, -0.25) is 19.0 Å². The number of aliphatic hydroxyl groups is 3. The molecule has 0 aromatic carbocycles. The molecule has 0 aliphatic rings. The van der Waals surface area contributed by atoms with Crippen LogP contribution in [0.25, 0.3) is 0 Å². The van der Waals surface area contributed by atoms with Gasteiger partial charge in [0.15, 0.2) is 5.25 Å². The summed E-state index contributed by atoms with van der Waals surface area (Å²) in [6, 6.07) is 0. The second-order valence-electron chi connectivity index (χ2n) is 14.7. The minimum atomic E-state index is -5.08. The van der Waals surface area contributed by atoms with E-state index in [4.69, 9.17) is 15.3 Å². The molecule has 0 bridgehead atoms. The number of hydrogen-bond acceptors (Lipinski definition) is 8. The van der Waals surface area contributed by atoms with Gasteiger partial charge in [0.2, 0.25) is 0 Å². The van der Waals surface area contributed by atoms with Gasteiger partial charge in [-0.25, -0.2) is 0 Å². The average molecular weight is 768 g/mol. The van der Waals surface area contributed by atoms with Gasteiger partial charge in [-0.1, -0.05) is 181 Å². The summed E-state index contributed by atoms with van der Waals surface area (Å²) in [7, 11) is -5.08. The van der Waals surface area contributed by atoms with Crippen LogP contribution in [0.4, 0.5) is 0 Å². The molecule has 0 heterocycles. The van der Waals surface area contributed by atoms with Gasteiger partial charge in [0, 0.05) is 19.6 Å². The van der Waals surface area contributed by atoms with Crippen molar-refractivity contribution in [2.45, 2.75) is 199 Å². The van der Waals surface area contributed by atoms with E-state index in [0.717, 1.165) is 51.4 Å². The van der Waals surface area contributed by atoms with E-state index in [1.165, 1.54) is 103 Å². The van der Waals surface area contributed by atoms with Gasteiger partial charge in [0.25, 0.3) is 10.1 Å². The molecule has 0 aliphatic carbocycles. The standard InChI is InChI=1S/C34H66O7S.C6H15NO3/c1-3-5-7-9-11-13-15-17-19-21-23-25-27-29-34(33(37)38,31(32(35)36)42(39,40)41)30-28-26-24-22-20-18-16-14-12-10-8-6-4-2;8-4-1-7(2-5-9)3-6-10/h31H,3-30H2,1-2H3,(H,35,36)(H,37,38)(H,39,40,41);8-10H,1-6H2. The molecule has 6 N–H and O–H groups in total. The topological polar surface area (TPSA) is 193 Å². The highest BCUT2D eigenvalue weighted by molar-refractivity contribution is 7.87. The minimum absolute atomic E-state index is 0.0604. The van der Waals surface area contributed by atoms with Crippen molar-refractivity contribution >= 4 is 22.1 Å². The maximum Gasteiger partial charge on any atom is 0.325 e. The maximum atomic E-state index is 12.5. The average Bonchev–Trinajstić information content (AvgIpc) is 3.08. The molecule has 312 valence electrons. The van der Waals surface area contributed by atoms with Crippen LogP contribution in [0.2, 0.25) is 0 Å². The summed E-state index contributed by atoms with van der Waals surface area (Å²) in [6.45, 7) is 6.20. The Hall–Kier alpha value is -1.31. The van der Waals surface area contributed by atoms with Crippen LogP contribution in [0.15, 0.2) is 0 Å². The molecule has 12 heteroatoms. The predicted octanol–water partition coefficient (Wildman–Crippen LogP) is 8.63. The van der Waals surface area contributed by atoms with Crippen LogP contribution in [0.3, 0.4) is 0 Å². The summed E-state index contributed by atoms with van der Waals surface area (Å²) >= 11 is 0. The molecule has 0 aromatic heterocycles. The third kappa shape index (κ3) is 29.1. The summed E-state index contributed by atoms with van der Waals surface area (Å²) in [6.07, 6.45) is 28.8. The molecule has 1 unspecified atom stereocenters. The van der Waals surface area contributed by atoms with Gasteiger partial charge in [-0.15, -0.1) is 0 Å². The highest BCUT2D eigenvalue weighted by atomic mass is 32.2. The number of hydrogen-bond donors (Lipinski definition) is 6. The van der Waals surface area contributed by atoms with Crippen molar-refractivity contribution in [2.24, 2.45) is 5.41 Å². The number of aliphatic carboxylic acids is 2. The first-order valence-corrected chi connectivity index (χ1v) is 22.5. The number of rotatable bonds is 38. The Morgan fingerprint density at radius 1 is 0.500 bits per heavy atom. The Kier molecular flexibility index (Phi) is 37.2. The maximum absolute atomic E-state index is 12.5. The summed E-state index contributed by atoms with van der Waals surface area (Å²) in [5.41, 5.74) is -2.02. The highest BCUT2D eigenvalue weighted by Gasteiger charge is 2.55. The monoisotopic (exact) mass is 768 g/mol. The predicted molar refractivity (Wildman–Crippen MR) is 211 cm³/mol. The van der Waals surface area contributed by atoms with E-state index in [2.05, 4.69) is 13.8 Å². The first kappa shape index (κ1) is 52.8. The zero-order chi connectivity index (χ0) is 39.4. The van der Waals surface area contributed by atoms with E-state index >= 15 is 0 Å². The number of carboxylic acid groups (broad SMARTS) is 2. The molecule has 1 atom stereocenters. The quantitative estimate of drug-likeness (QED) is 0.0260. The Morgan fingerprint density at radius 2 is 0.750 bits per heavy atom. The Labute approximate surface area is 318 Å². The Balaban J connectivity index is 0. The molecule has 11 nitrogen and oxygen atoms in total. The lowest BCUT2D eigenvalue weighted by atomic mass is 9.74. The first-order chi connectivity index (χ1) is 25.0. The molecule has 0 spiro atoms. The second-order valence-corrected chi connectivity index (χ2v) is 16.2. The molecule has 52 heavy (non-hydrogen) atoms. The summed E-state index contributed by atoms with van der Waals surface area (Å²) in [5, 5.41) is 43.0. The molecule has 0 amide bonds. The fourth-order valence-corrected chi connectivity index (χ4v) is 8.20. The van der Waals surface area contributed by atoms with Crippen LogP contribution in [-0.4, -0.2) is 100 Å². The number of carboxylic acids is 2. The van der Waals surface area contributed by atoms with Crippen LogP contribution in [0, 0.1) is 5.41 Å². The van der Waals surface area contributed by atoms with Crippen molar-refractivity contribution < 1.29 is 48.1 Å². The normalized spacial score (nSPS) is 12.5. The number of unbranched alkanes of at least 4 members (excludes halogenated alkanes) is 24. The SMILES string of the molecule is CCCCCCCCCCCCCCCC(CCCCCCCCCCCCCCC)(C(=O)O)C(C(=O)O)S(=O)(=O)O.OCCN(CCO)CCO. The number of carbonyl (C=O) groups is 2. The lowest BCUT2D eigenvalue weighted by molar-refractivity contribution is -0.156. The van der Waals surface area contributed by atoms with E-state index in [1.807, 2.05) is 0 Å². The third-order valence-electron chi connectivity index (χ3n) is 10.2. The lowest BCUT2D eigenvalue weighted by Gasteiger charge is -2.33. The van der Waals surface area contributed by atoms with Crippen LogP contribution < -0.4 is 0 Å². The Morgan fingerprint density at radius 3 is 0.942 bits per heavy atom. The number of aliphatic hydroxyl groups excluding tert-OH is 3. The first-order valence-electron chi connectivity index (χ1n) is 21.0. The van der Waals surface area contributed by atoms with Gasteiger partial charge >= 0.3 is 11.9 Å². The summed E-state index contributed by atoms with van der Waals surface area (Å²) < 4.78 is 34.0. The van der Waals surface area contributed by atoms with Crippen molar-refractivity contribution in [3.63, 3.8) is 0 Å². The highest BCUT2D eigenvalue weighted by Crippen LogP contribution is 2.39. The molecule has 0 aliphatic heterocycles. The van der Waals surface area contributed by atoms with Gasteiger partial charge in [0.1, 0.15) is 0 Å². The van der Waals surface area contributed by atoms with E-state index < -0.39 is 32.7 Å². The zero-order valence-electron chi connectivity index (χ0n) is 33.3. The fourth-order valence-electron chi connectivity index (χ4n) is 7.04. The van der Waals surface area contributed by atoms with E-state index in [9.17, 15) is 32.8 Å². The van der Waals surface area contributed by atoms with Gasteiger partial charge in [0.05, 0.1) is 25.2 Å². The lowest BCUT2D eigenvalue weighted by Crippen LogP contribution is -2.51. The van der Waals surface area contributed by atoms with Crippen molar-refractivity contribution in [3.8, 4) is 0 Å². The molecular weight excluding hydrogens is 687 g/mol. The van der Waals surface area contributed by atoms with Crippen molar-refractivity contribution in [2.75, 3.05) is 39.5 Å². The zero-order valence-corrected chi connectivity index (χ0v) is 34.1. The smallest absolute Gasteiger partial charge is 0.325 e. The Bertz CT molecular complexity index is 874. The summed E-state index contributed by atoms with van der Waals surface area (Å²) in [5.74, 6) is -3.23. The van der Waals surface area contributed by atoms with Gasteiger partial charge in [-0.2, -0.15) is 8.42 Å². The van der Waals surface area contributed by atoms with E-state index in [-0.39, 0.29) is 32.7 Å². The molecule has 0 fully saturated rings. The van der Waals surface area contributed by atoms with Crippen LogP contribution in [-0.2, 0) is 19.7 Å². The second kappa shape index (κ2) is 36.7. The van der Waals surface area contributed by atoms with Crippen molar-refractivity contribution in [1.82, 2.24) is 4.90 Å². The molecule has 0 radical (unpaired) electrons. The minimum Gasteiger partial charge on any atom is -0.481 e. The van der Waals surface area contributed by atoms with Gasteiger partial charge in [-0.05, 0) is 12.8 Å². The van der Waals surface area contributed by atoms with Gasteiger partial charge < -0.3 is 25.5 Å². The van der Waals surface area contributed by atoms with E-state index in [1.54, 1.807) is 4.90 Å². The molecule has 0 rings (SSSR count). The molecular formula is C40H81NO10S. The largest absolute Gasteiger partial charge is 0.481 e. The fraction of sp³-hybridized carbons (Fsp3) is 0.950.